The summed E-state index contributed by atoms with van der Waals surface area (Å²) in [6, 6.07) is 1.88. The molecule has 0 saturated carbocycles. The van der Waals surface area contributed by atoms with Gasteiger partial charge in [-0.1, -0.05) is 40.5 Å². The van der Waals surface area contributed by atoms with Crippen molar-refractivity contribution in [1.82, 2.24) is 4.98 Å². The highest BCUT2D eigenvalue weighted by Gasteiger charge is 2.28. The zero-order valence-electron chi connectivity index (χ0n) is 14.9. The van der Waals surface area contributed by atoms with Crippen LogP contribution in [0.1, 0.15) is 69.6 Å². The Hall–Kier alpha value is -1.58. The van der Waals surface area contributed by atoms with Crippen LogP contribution in [0.25, 0.3) is 0 Å². The molecule has 0 aliphatic carbocycles. The van der Waals surface area contributed by atoms with Crippen molar-refractivity contribution in [2.75, 3.05) is 13.2 Å². The van der Waals surface area contributed by atoms with Gasteiger partial charge in [-0.05, 0) is 18.8 Å². The van der Waals surface area contributed by atoms with Crippen molar-refractivity contribution in [3.8, 4) is 11.5 Å². The van der Waals surface area contributed by atoms with Gasteiger partial charge >= 0.3 is 0 Å². The Morgan fingerprint density at radius 1 is 1.35 bits per heavy atom. The van der Waals surface area contributed by atoms with Gasteiger partial charge in [0.05, 0.1) is 18.9 Å². The lowest BCUT2D eigenvalue weighted by atomic mass is 9.91. The maximum absolute atomic E-state index is 12.6. The first kappa shape index (κ1) is 17.8. The number of nitrogens with zero attached hydrogens (tertiary/aromatic N) is 1. The van der Waals surface area contributed by atoms with Crippen LogP contribution in [0, 0.1) is 11.8 Å². The Balaban J connectivity index is 2.29. The SMILES string of the molecule is CCCCOc1cc2c(nc1CCC)C(=O)CC(C(C)C)CO2. The Labute approximate surface area is 139 Å². The van der Waals surface area contributed by atoms with E-state index in [4.69, 9.17) is 9.47 Å². The van der Waals surface area contributed by atoms with Crippen LogP contribution in [0.3, 0.4) is 0 Å². The standard InChI is InChI=1S/C19H29NO3/c1-5-7-9-22-17-11-18-19(20-15(17)8-6-2)16(21)10-14(12-23-18)13(3)4/h11,13-14H,5-10,12H2,1-4H3. The third kappa shape index (κ3) is 4.46. The summed E-state index contributed by atoms with van der Waals surface area (Å²) in [5.74, 6) is 2.12. The van der Waals surface area contributed by atoms with Crippen molar-refractivity contribution < 1.29 is 14.3 Å². The molecule has 2 heterocycles. The van der Waals surface area contributed by atoms with E-state index in [0.717, 1.165) is 37.1 Å². The molecule has 23 heavy (non-hydrogen) atoms. The summed E-state index contributed by atoms with van der Waals surface area (Å²) in [5.41, 5.74) is 1.36. The number of unbranched alkanes of at least 4 members (excludes halogenated alkanes) is 1. The van der Waals surface area contributed by atoms with E-state index in [1.54, 1.807) is 0 Å². The van der Waals surface area contributed by atoms with Gasteiger partial charge in [0, 0.05) is 18.4 Å². The summed E-state index contributed by atoms with van der Waals surface area (Å²) in [5, 5.41) is 0. The number of Topliss-reactive ketones (excluding diaryl/α,β-unsaturated/α-hetero) is 1. The molecule has 1 aromatic heterocycles. The molecule has 128 valence electrons. The summed E-state index contributed by atoms with van der Waals surface area (Å²) in [4.78, 5) is 17.2. The van der Waals surface area contributed by atoms with Crippen molar-refractivity contribution in [3.05, 3.63) is 17.5 Å². The van der Waals surface area contributed by atoms with E-state index in [9.17, 15) is 4.79 Å². The second kappa shape index (κ2) is 8.32. The number of ketones is 1. The fraction of sp³-hybridized carbons (Fsp3) is 0.684. The number of carbonyl (C=O) groups excluding carboxylic acids is 1. The third-order valence-electron chi connectivity index (χ3n) is 4.38. The topological polar surface area (TPSA) is 48.4 Å². The molecule has 4 heteroatoms. The molecular weight excluding hydrogens is 290 g/mol. The zero-order valence-corrected chi connectivity index (χ0v) is 14.9. The number of fused-ring (bicyclic) bond motifs is 1. The minimum Gasteiger partial charge on any atom is -0.492 e. The van der Waals surface area contributed by atoms with Gasteiger partial charge in [0.25, 0.3) is 0 Å². The average Bonchev–Trinajstić information content (AvgIpc) is 2.68. The molecule has 1 aliphatic heterocycles. The van der Waals surface area contributed by atoms with Crippen molar-refractivity contribution in [1.29, 1.82) is 0 Å². The lowest BCUT2D eigenvalue weighted by Crippen LogP contribution is -2.18. The Kier molecular flexibility index (Phi) is 6.43. The van der Waals surface area contributed by atoms with Crippen LogP contribution in [0.2, 0.25) is 0 Å². The molecule has 0 fully saturated rings. The number of ether oxygens (including phenoxy) is 2. The van der Waals surface area contributed by atoms with Gasteiger partial charge < -0.3 is 9.47 Å². The Morgan fingerprint density at radius 3 is 2.78 bits per heavy atom. The molecule has 0 saturated heterocycles. The highest BCUT2D eigenvalue weighted by atomic mass is 16.5. The van der Waals surface area contributed by atoms with Crippen LogP contribution in [0.15, 0.2) is 6.07 Å². The monoisotopic (exact) mass is 319 g/mol. The largest absolute Gasteiger partial charge is 0.492 e. The Morgan fingerprint density at radius 2 is 2.13 bits per heavy atom. The molecular formula is C19H29NO3. The van der Waals surface area contributed by atoms with Gasteiger partial charge in [-0.2, -0.15) is 0 Å². The number of aromatic nitrogens is 1. The van der Waals surface area contributed by atoms with Gasteiger partial charge in [0.1, 0.15) is 11.4 Å². The molecule has 1 unspecified atom stereocenters. The van der Waals surface area contributed by atoms with Gasteiger partial charge in [-0.25, -0.2) is 4.98 Å². The lowest BCUT2D eigenvalue weighted by molar-refractivity contribution is 0.0941. The van der Waals surface area contributed by atoms with Crippen LogP contribution < -0.4 is 9.47 Å². The highest BCUT2D eigenvalue weighted by molar-refractivity contribution is 5.97. The molecule has 2 rings (SSSR count). The van der Waals surface area contributed by atoms with Crippen LogP contribution >= 0.6 is 0 Å². The van der Waals surface area contributed by atoms with Crippen LogP contribution in [0.5, 0.6) is 11.5 Å². The normalized spacial score (nSPS) is 17.6. The van der Waals surface area contributed by atoms with Crippen LogP contribution in [0.4, 0.5) is 0 Å². The van der Waals surface area contributed by atoms with E-state index in [-0.39, 0.29) is 11.7 Å². The van der Waals surface area contributed by atoms with Crippen molar-refractivity contribution in [3.63, 3.8) is 0 Å². The zero-order chi connectivity index (χ0) is 16.8. The quantitative estimate of drug-likeness (QED) is 0.697. The summed E-state index contributed by atoms with van der Waals surface area (Å²) < 4.78 is 11.8. The second-order valence-electron chi connectivity index (χ2n) is 6.67. The highest BCUT2D eigenvalue weighted by Crippen LogP contribution is 2.33. The first-order chi connectivity index (χ1) is 11.1. The van der Waals surface area contributed by atoms with Crippen molar-refractivity contribution >= 4 is 5.78 Å². The third-order valence-corrected chi connectivity index (χ3v) is 4.38. The predicted molar refractivity (Wildman–Crippen MR) is 91.4 cm³/mol. The molecule has 0 radical (unpaired) electrons. The number of hydrogen-bond acceptors (Lipinski definition) is 4. The molecule has 1 atom stereocenters. The number of aryl methyl sites for hydroxylation is 1. The van der Waals surface area contributed by atoms with Gasteiger partial charge in [-0.15, -0.1) is 0 Å². The fourth-order valence-electron chi connectivity index (χ4n) is 2.71. The number of rotatable bonds is 7. The van der Waals surface area contributed by atoms with Crippen LogP contribution in [-0.4, -0.2) is 24.0 Å². The number of carbonyl (C=O) groups is 1. The summed E-state index contributed by atoms with van der Waals surface area (Å²) in [6.07, 6.45) is 4.40. The molecule has 0 N–H and O–H groups in total. The van der Waals surface area contributed by atoms with E-state index < -0.39 is 0 Å². The minimum atomic E-state index is 0.0914. The molecule has 0 spiro atoms. The first-order valence-corrected chi connectivity index (χ1v) is 8.89. The molecule has 1 aliphatic rings. The molecule has 0 amide bonds. The van der Waals surface area contributed by atoms with Gasteiger partial charge in [0.2, 0.25) is 0 Å². The lowest BCUT2D eigenvalue weighted by Gasteiger charge is -2.17. The maximum atomic E-state index is 12.6. The summed E-state index contributed by atoms with van der Waals surface area (Å²) in [7, 11) is 0. The second-order valence-corrected chi connectivity index (χ2v) is 6.67. The van der Waals surface area contributed by atoms with E-state index in [1.165, 1.54) is 0 Å². The predicted octanol–water partition coefficient (Wildman–Crippen LogP) is 4.45. The average molecular weight is 319 g/mol. The first-order valence-electron chi connectivity index (χ1n) is 8.89. The minimum absolute atomic E-state index is 0.0914. The van der Waals surface area contributed by atoms with E-state index in [2.05, 4.69) is 32.7 Å². The van der Waals surface area contributed by atoms with Crippen molar-refractivity contribution in [2.24, 2.45) is 11.8 Å². The maximum Gasteiger partial charge on any atom is 0.185 e. The molecule has 0 aromatic carbocycles. The fourth-order valence-corrected chi connectivity index (χ4v) is 2.71. The van der Waals surface area contributed by atoms with Crippen LogP contribution in [-0.2, 0) is 6.42 Å². The van der Waals surface area contributed by atoms with E-state index in [1.807, 2.05) is 6.07 Å². The van der Waals surface area contributed by atoms with Crippen molar-refractivity contribution in [2.45, 2.75) is 59.8 Å². The summed E-state index contributed by atoms with van der Waals surface area (Å²) >= 11 is 0. The van der Waals surface area contributed by atoms with Gasteiger partial charge in [-0.3, -0.25) is 4.79 Å². The Bertz CT molecular complexity index is 540. The number of hydrogen-bond donors (Lipinski definition) is 0. The van der Waals surface area contributed by atoms with Gasteiger partial charge in [0.15, 0.2) is 11.5 Å². The molecule has 4 nitrogen and oxygen atoms in total. The summed E-state index contributed by atoms with van der Waals surface area (Å²) in [6.45, 7) is 9.75. The molecule has 1 aromatic rings. The van der Waals surface area contributed by atoms with E-state index in [0.29, 0.717) is 37.0 Å². The molecule has 0 bridgehead atoms. The van der Waals surface area contributed by atoms with E-state index >= 15 is 0 Å². The smallest absolute Gasteiger partial charge is 0.185 e. The number of pyridine rings is 1.